The Morgan fingerprint density at radius 1 is 0.508 bits per heavy atom. The van der Waals surface area contributed by atoms with Gasteiger partial charge in [-0.2, -0.15) is 15.0 Å². The van der Waals surface area contributed by atoms with Crippen LogP contribution in [0.2, 0.25) is 10.0 Å². The standard InChI is InChI=1S/2C35H40ClN5O5.C16H24ClNO.C12H14ClN5O/c1-25(2)46-34-26(22-39-18-20-44-21-19-39)6-5-9-31(34)41-32(37-30-8-4-3-7-29(30)35(41)43)23-38-14-16-40(17-15-38)33(42)24-45-28-12-10-27(36)11-13-28;1-25(2)46-32-21-26(22-39-17-19-44-20-18-39)7-12-31(32)41-33(37-30-6-4-3-5-29(30)35(41)43)23-38-13-15-40(16-14-38)34(42)24-45-28-10-8-27(36)9-11-28;1-3-4-5-6-7-11-18(16(19)13-17)15-10-8-9-14(2)12-15;1-2-19-9-5-3-8(4-6-9)15-12-17-10(7-13)16-11(14)18-12/h3-13,25H,14-24H2,1-2H3;3-12,21,25H,13-20,22-24H2,1-2H3;8-10,12H,3-7,11,13H2,1-2H3;3-6H,2,7H2,1H3,(H3,14,15,16,17,18). The molecule has 15 rings (SSSR count). The SMILES string of the molecule is CC(C)Oc1c(CN2CCOCC2)cccc1-n1c(CN2CCN(C(=O)COc3ccc(Cl)cc3)CC2)nc2ccccc2c1=O.CC(C)Oc1cc(CN2CCOCC2)ccc1-n1c(CN2CCN(C(=O)COc3ccc(Cl)cc3)CC2)nc2ccccc2c1=O.CCCCCCCN(C(=O)CCl)c1cccc(C)c1.CCOc1ccc(Nc2nc(N)nc(CCl)n2)cc1. The van der Waals surface area contributed by atoms with Gasteiger partial charge in [0.25, 0.3) is 22.9 Å². The largest absolute Gasteiger partial charge is 0.494 e. The predicted molar refractivity (Wildman–Crippen MR) is 514 cm³/mol. The Morgan fingerprint density at radius 2 is 1.02 bits per heavy atom. The molecule has 4 aliphatic rings. The minimum Gasteiger partial charge on any atom is -0.494 e. The highest BCUT2D eigenvalue weighted by Crippen LogP contribution is 2.34. The summed E-state index contributed by atoms with van der Waals surface area (Å²) < 4.78 is 44.0. The summed E-state index contributed by atoms with van der Waals surface area (Å²) in [6.07, 6.45) is 5.79. The highest BCUT2D eigenvalue weighted by molar-refractivity contribution is 6.31. The quantitative estimate of drug-likeness (QED) is 0.0285. The van der Waals surface area contributed by atoms with Crippen LogP contribution in [0.5, 0.6) is 28.7 Å². The first-order valence-corrected chi connectivity index (χ1v) is 46.4. The molecule has 3 N–H and O–H groups in total. The molecule has 8 aromatic carbocycles. The van der Waals surface area contributed by atoms with Crippen molar-refractivity contribution in [3.63, 3.8) is 0 Å². The molecular weight excluding hydrogens is 1730 g/mol. The van der Waals surface area contributed by atoms with Crippen molar-refractivity contribution in [2.24, 2.45) is 0 Å². The van der Waals surface area contributed by atoms with Gasteiger partial charge in [-0.1, -0.05) is 110 Å². The zero-order chi connectivity index (χ0) is 91.8. The van der Waals surface area contributed by atoms with E-state index in [0.29, 0.717) is 181 Å². The van der Waals surface area contributed by atoms with E-state index in [2.05, 4.69) is 58.9 Å². The van der Waals surface area contributed by atoms with Crippen molar-refractivity contribution in [1.82, 2.24) is 63.5 Å². The summed E-state index contributed by atoms with van der Waals surface area (Å²) >= 11 is 23.3. The Bertz CT molecular complexity index is 5620. The van der Waals surface area contributed by atoms with Gasteiger partial charge in [-0.25, -0.2) is 9.97 Å². The van der Waals surface area contributed by atoms with Crippen LogP contribution in [0.15, 0.2) is 192 Å². The van der Waals surface area contributed by atoms with Crippen molar-refractivity contribution >= 4 is 109 Å². The van der Waals surface area contributed by atoms with Gasteiger partial charge in [0.15, 0.2) is 19.0 Å². The molecule has 4 fully saturated rings. The van der Waals surface area contributed by atoms with E-state index in [4.69, 9.17) is 95.3 Å². The number of hydrogen-bond donors (Lipinski definition) is 2. The zero-order valence-electron chi connectivity index (χ0n) is 75.1. The molecule has 3 amide bonds. The van der Waals surface area contributed by atoms with E-state index < -0.39 is 0 Å². The molecule has 0 aliphatic carbocycles. The number of amides is 3. The number of fused-ring (bicyclic) bond motifs is 2. The van der Waals surface area contributed by atoms with Crippen LogP contribution in [-0.4, -0.2) is 231 Å². The first-order chi connectivity index (χ1) is 63.1. The highest BCUT2D eigenvalue weighted by Gasteiger charge is 2.29. The number of aryl methyl sites for hydroxylation is 1. The van der Waals surface area contributed by atoms with Gasteiger partial charge in [0.1, 0.15) is 46.3 Å². The Hall–Kier alpha value is -11.0. The van der Waals surface area contributed by atoms with E-state index in [9.17, 15) is 24.0 Å². The van der Waals surface area contributed by atoms with Crippen molar-refractivity contribution in [1.29, 1.82) is 0 Å². The van der Waals surface area contributed by atoms with Gasteiger partial charge in [-0.05, 0) is 186 Å². The summed E-state index contributed by atoms with van der Waals surface area (Å²) in [5.74, 6) is 5.65. The van der Waals surface area contributed by atoms with Crippen LogP contribution in [0.3, 0.4) is 0 Å². The van der Waals surface area contributed by atoms with Gasteiger partial charge >= 0.3 is 0 Å². The maximum absolute atomic E-state index is 14.2. The second-order valence-electron chi connectivity index (χ2n) is 32.4. The molecule has 0 unspecified atom stereocenters. The molecule has 32 heteroatoms. The van der Waals surface area contributed by atoms with E-state index in [1.165, 1.54) is 25.7 Å². The molecule has 28 nitrogen and oxygen atoms in total. The Morgan fingerprint density at radius 3 is 1.54 bits per heavy atom. The molecule has 690 valence electrons. The number of aromatic nitrogens is 7. The molecule has 0 radical (unpaired) electrons. The fraction of sp³-hybridized carbons (Fsp3) is 0.408. The Balaban J connectivity index is 0.000000170. The molecule has 11 aromatic rings. The van der Waals surface area contributed by atoms with E-state index in [-0.39, 0.29) is 72.0 Å². The van der Waals surface area contributed by atoms with Crippen molar-refractivity contribution in [2.45, 2.75) is 125 Å². The summed E-state index contributed by atoms with van der Waals surface area (Å²) in [5.41, 5.74) is 13.1. The molecule has 0 atom stereocenters. The fourth-order valence-corrected chi connectivity index (χ4v) is 15.9. The number of alkyl halides is 2. The van der Waals surface area contributed by atoms with Gasteiger partial charge < -0.3 is 58.9 Å². The third-order valence-electron chi connectivity index (χ3n) is 22.0. The van der Waals surface area contributed by atoms with Crippen LogP contribution in [0.4, 0.5) is 23.3 Å². The van der Waals surface area contributed by atoms with Gasteiger partial charge in [0.2, 0.25) is 17.8 Å². The number of carbonyl (C=O) groups excluding carboxylic acids is 3. The third-order valence-corrected chi connectivity index (χ3v) is 23.0. The lowest BCUT2D eigenvalue weighted by atomic mass is 10.1. The van der Waals surface area contributed by atoms with Crippen LogP contribution in [0, 0.1) is 6.92 Å². The van der Waals surface area contributed by atoms with Crippen LogP contribution in [-0.2, 0) is 55.9 Å². The van der Waals surface area contributed by atoms with Crippen molar-refractivity contribution in [3.8, 4) is 40.1 Å². The molecule has 0 bridgehead atoms. The third kappa shape index (κ3) is 28.7. The molecule has 130 heavy (non-hydrogen) atoms. The summed E-state index contributed by atoms with van der Waals surface area (Å²) in [5, 5.41) is 5.37. The van der Waals surface area contributed by atoms with E-state index in [0.717, 1.165) is 92.7 Å². The average molecular weight is 1850 g/mol. The summed E-state index contributed by atoms with van der Waals surface area (Å²) in [4.78, 5) is 103. The second kappa shape index (κ2) is 49.8. The van der Waals surface area contributed by atoms with Gasteiger partial charge in [-0.3, -0.25) is 52.7 Å². The number of piperazine rings is 2. The molecule has 0 saturated carbocycles. The van der Waals surface area contributed by atoms with Gasteiger partial charge in [0.05, 0.1) is 97.4 Å². The molecule has 7 heterocycles. The molecule has 3 aromatic heterocycles. The van der Waals surface area contributed by atoms with Crippen LogP contribution in [0.25, 0.3) is 33.2 Å². The monoisotopic (exact) mass is 1850 g/mol. The number of nitrogen functional groups attached to an aromatic ring is 1. The summed E-state index contributed by atoms with van der Waals surface area (Å²) in [6, 6.07) is 56.4. The van der Waals surface area contributed by atoms with Gasteiger partial charge in [0, 0.05) is 125 Å². The number of halogens is 4. The van der Waals surface area contributed by atoms with E-state index in [1.807, 2.05) is 178 Å². The summed E-state index contributed by atoms with van der Waals surface area (Å²) in [7, 11) is 0. The number of rotatable bonds is 33. The fourth-order valence-electron chi connectivity index (χ4n) is 15.4. The lowest BCUT2D eigenvalue weighted by Gasteiger charge is -2.35. The number of nitrogens with zero attached hydrogens (tertiary/aromatic N) is 14. The summed E-state index contributed by atoms with van der Waals surface area (Å²) in [6.45, 7) is 28.9. The number of hydrogen-bond acceptors (Lipinski definition) is 23. The normalized spacial score (nSPS) is 14.5. The Labute approximate surface area is 780 Å². The number of nitrogens with two attached hydrogens (primary N) is 1. The van der Waals surface area contributed by atoms with Crippen molar-refractivity contribution in [2.75, 3.05) is 153 Å². The zero-order valence-corrected chi connectivity index (χ0v) is 78.2. The van der Waals surface area contributed by atoms with E-state index in [1.54, 1.807) is 57.7 Å². The van der Waals surface area contributed by atoms with Crippen LogP contribution < -0.4 is 50.8 Å². The number of unbranched alkanes of at least 4 members (excludes halogenated alkanes) is 4. The number of ether oxygens (including phenoxy) is 7. The van der Waals surface area contributed by atoms with Gasteiger partial charge in [-0.15, -0.1) is 23.2 Å². The maximum atomic E-state index is 14.2. The lowest BCUT2D eigenvalue weighted by Crippen LogP contribution is -2.50. The molecule has 0 spiro atoms. The minimum absolute atomic E-state index is 0.0113. The number of nitrogens with one attached hydrogen (secondary N) is 1. The Kier molecular flexibility index (Phi) is 37.6. The van der Waals surface area contributed by atoms with Crippen LogP contribution in [0.1, 0.15) is 108 Å². The number of carbonyl (C=O) groups is 3. The lowest BCUT2D eigenvalue weighted by molar-refractivity contribution is -0.135. The minimum atomic E-state index is -0.136. The van der Waals surface area contributed by atoms with Crippen molar-refractivity contribution in [3.05, 3.63) is 247 Å². The average Bonchev–Trinajstić information content (AvgIpc) is 0.762. The number of benzene rings is 8. The molecule has 4 saturated heterocycles. The van der Waals surface area contributed by atoms with Crippen molar-refractivity contribution < 1.29 is 47.5 Å². The molecule has 4 aliphatic heterocycles. The second-order valence-corrected chi connectivity index (χ2v) is 33.8. The smallest absolute Gasteiger partial charge is 0.266 e. The number of para-hydroxylation sites is 3. The molecular formula is C98H118Cl4N16O12. The van der Waals surface area contributed by atoms with E-state index >= 15 is 0 Å². The predicted octanol–water partition coefficient (Wildman–Crippen LogP) is 15.6. The first-order valence-electron chi connectivity index (χ1n) is 44.6. The van der Waals surface area contributed by atoms with Crippen LogP contribution >= 0.6 is 46.4 Å². The highest BCUT2D eigenvalue weighted by atomic mass is 35.5. The maximum Gasteiger partial charge on any atom is 0.266 e. The first kappa shape index (κ1) is 98.0. The topological polar surface area (TPSA) is 285 Å². The number of morpholine rings is 2. The number of anilines is 4.